The molecule has 0 bridgehead atoms. The van der Waals surface area contributed by atoms with E-state index in [2.05, 4.69) is 9.97 Å². The van der Waals surface area contributed by atoms with Crippen LogP contribution in [0.5, 0.6) is 0 Å². The number of Topliss-reactive ketones (excluding diaryl/α,β-unsaturated/α-hetero) is 1. The molecule has 148 valence electrons. The number of nitrogens with zero attached hydrogens (tertiary/aromatic N) is 3. The summed E-state index contributed by atoms with van der Waals surface area (Å²) in [6.45, 7) is 3.51. The van der Waals surface area contributed by atoms with Crippen LogP contribution < -0.4 is 4.90 Å². The van der Waals surface area contributed by atoms with Crippen molar-refractivity contribution in [2.24, 2.45) is 0 Å². The molecule has 3 heterocycles. The summed E-state index contributed by atoms with van der Waals surface area (Å²) >= 11 is 14.7. The number of carbonyl (C=O) groups is 2. The van der Waals surface area contributed by atoms with E-state index in [0.29, 0.717) is 26.3 Å². The first kappa shape index (κ1) is 20.0. The van der Waals surface area contributed by atoms with Crippen LogP contribution in [0.1, 0.15) is 32.0 Å². The summed E-state index contributed by atoms with van der Waals surface area (Å²) < 4.78 is 0. The standard InChI is InChI=1S/C19H13Cl2N3O3S2/c1-8-17(29-9(2)23-8)15(25)13-14(10-3-4-11(20)12(21)7-10)24(18(27)16(13)26)19-22-5-6-28-19/h3-7,14,26H,1-2H3. The number of aliphatic hydroxyl groups excluding tert-OH is 1. The van der Waals surface area contributed by atoms with Crippen LogP contribution in [0.4, 0.5) is 5.13 Å². The van der Waals surface area contributed by atoms with E-state index in [-0.39, 0.29) is 10.6 Å². The number of rotatable bonds is 4. The van der Waals surface area contributed by atoms with Crippen LogP contribution in [0.25, 0.3) is 0 Å². The molecule has 0 radical (unpaired) electrons. The van der Waals surface area contributed by atoms with Gasteiger partial charge in [0, 0.05) is 11.6 Å². The van der Waals surface area contributed by atoms with Crippen molar-refractivity contribution in [2.45, 2.75) is 19.9 Å². The summed E-state index contributed by atoms with van der Waals surface area (Å²) in [7, 11) is 0. The lowest BCUT2D eigenvalue weighted by atomic mass is 9.95. The fraction of sp³-hybridized carbons (Fsp3) is 0.158. The molecule has 10 heteroatoms. The number of carbonyl (C=O) groups excluding carboxylic acids is 2. The van der Waals surface area contributed by atoms with Gasteiger partial charge in [0.25, 0.3) is 5.91 Å². The first-order chi connectivity index (χ1) is 13.8. The minimum atomic E-state index is -0.891. The summed E-state index contributed by atoms with van der Waals surface area (Å²) in [6.07, 6.45) is 1.55. The molecule has 1 atom stereocenters. The maximum absolute atomic E-state index is 13.4. The van der Waals surface area contributed by atoms with E-state index in [0.717, 1.165) is 5.01 Å². The van der Waals surface area contributed by atoms with Crippen LogP contribution in [0, 0.1) is 13.8 Å². The molecule has 0 fully saturated rings. The van der Waals surface area contributed by atoms with Gasteiger partial charge in [-0.05, 0) is 31.5 Å². The third kappa shape index (κ3) is 3.36. The molecule has 1 N–H and O–H groups in total. The van der Waals surface area contributed by atoms with Crippen molar-refractivity contribution >= 4 is 62.7 Å². The van der Waals surface area contributed by atoms with Gasteiger partial charge in [0.05, 0.1) is 37.2 Å². The molecule has 1 aliphatic rings. The lowest BCUT2D eigenvalue weighted by molar-refractivity contribution is -0.117. The van der Waals surface area contributed by atoms with E-state index >= 15 is 0 Å². The number of hydrogen-bond acceptors (Lipinski definition) is 7. The van der Waals surface area contributed by atoms with E-state index < -0.39 is 23.5 Å². The van der Waals surface area contributed by atoms with Gasteiger partial charge in [-0.1, -0.05) is 29.3 Å². The van der Waals surface area contributed by atoms with Crippen molar-refractivity contribution in [3.05, 3.63) is 72.3 Å². The Morgan fingerprint density at radius 1 is 1.24 bits per heavy atom. The predicted molar refractivity (Wildman–Crippen MR) is 114 cm³/mol. The van der Waals surface area contributed by atoms with Gasteiger partial charge < -0.3 is 5.11 Å². The highest BCUT2D eigenvalue weighted by Gasteiger charge is 2.46. The third-order valence-corrected chi connectivity index (χ3v) is 7.03. The molecule has 0 spiro atoms. The van der Waals surface area contributed by atoms with E-state index in [1.807, 2.05) is 0 Å². The number of anilines is 1. The number of halogens is 2. The monoisotopic (exact) mass is 465 g/mol. The molecule has 0 saturated heterocycles. The van der Waals surface area contributed by atoms with Crippen molar-refractivity contribution in [3.8, 4) is 0 Å². The van der Waals surface area contributed by atoms with Crippen LogP contribution in [0.15, 0.2) is 41.1 Å². The van der Waals surface area contributed by atoms with E-state index in [1.165, 1.54) is 27.6 Å². The normalized spacial score (nSPS) is 16.8. The predicted octanol–water partition coefficient (Wildman–Crippen LogP) is 5.31. The fourth-order valence-corrected chi connectivity index (χ4v) is 5.08. The van der Waals surface area contributed by atoms with Crippen LogP contribution in [0.2, 0.25) is 10.0 Å². The summed E-state index contributed by atoms with van der Waals surface area (Å²) in [5, 5.41) is 14.1. The number of ketones is 1. The van der Waals surface area contributed by atoms with Gasteiger partial charge in [0.1, 0.15) is 0 Å². The fourth-order valence-electron chi connectivity index (χ4n) is 3.23. The molecule has 1 unspecified atom stereocenters. The minimum absolute atomic E-state index is 0.0321. The molecular weight excluding hydrogens is 453 g/mol. The number of amides is 1. The van der Waals surface area contributed by atoms with Gasteiger partial charge in [-0.25, -0.2) is 9.97 Å². The SMILES string of the molecule is Cc1nc(C)c(C(=O)C2=C(O)C(=O)N(c3nccs3)C2c2ccc(Cl)c(Cl)c2)s1. The van der Waals surface area contributed by atoms with E-state index in [4.69, 9.17) is 23.2 Å². The quantitative estimate of drug-likeness (QED) is 0.528. The lowest BCUT2D eigenvalue weighted by Crippen LogP contribution is -2.31. The van der Waals surface area contributed by atoms with Gasteiger partial charge >= 0.3 is 0 Å². The summed E-state index contributed by atoms with van der Waals surface area (Å²) in [4.78, 5) is 36.5. The van der Waals surface area contributed by atoms with Gasteiger partial charge in [0.2, 0.25) is 5.78 Å². The Morgan fingerprint density at radius 2 is 2.00 bits per heavy atom. The molecular formula is C19H13Cl2N3O3S2. The minimum Gasteiger partial charge on any atom is -0.503 e. The topological polar surface area (TPSA) is 83.4 Å². The third-order valence-electron chi connectivity index (χ3n) is 4.45. The highest BCUT2D eigenvalue weighted by Crippen LogP contribution is 2.44. The number of benzene rings is 1. The second kappa shape index (κ2) is 7.53. The molecule has 0 saturated carbocycles. The average Bonchev–Trinajstić information content (AvgIpc) is 3.37. The first-order valence-electron chi connectivity index (χ1n) is 8.39. The van der Waals surface area contributed by atoms with Crippen molar-refractivity contribution in [3.63, 3.8) is 0 Å². The van der Waals surface area contributed by atoms with Gasteiger partial charge in [0.15, 0.2) is 10.9 Å². The maximum Gasteiger partial charge on any atom is 0.296 e. The average molecular weight is 466 g/mol. The maximum atomic E-state index is 13.4. The smallest absolute Gasteiger partial charge is 0.296 e. The first-order valence-corrected chi connectivity index (χ1v) is 10.8. The number of aryl methyl sites for hydroxylation is 2. The molecule has 29 heavy (non-hydrogen) atoms. The summed E-state index contributed by atoms with van der Waals surface area (Å²) in [5.41, 5.74) is 1.05. The van der Waals surface area contributed by atoms with Crippen molar-refractivity contribution in [1.82, 2.24) is 9.97 Å². The number of hydrogen-bond donors (Lipinski definition) is 1. The van der Waals surface area contributed by atoms with Crippen LogP contribution in [0.3, 0.4) is 0 Å². The van der Waals surface area contributed by atoms with Gasteiger partial charge in [-0.15, -0.1) is 22.7 Å². The zero-order chi connectivity index (χ0) is 20.9. The van der Waals surface area contributed by atoms with Gasteiger partial charge in [-0.2, -0.15) is 0 Å². The molecule has 2 aromatic heterocycles. The van der Waals surface area contributed by atoms with Crippen molar-refractivity contribution in [1.29, 1.82) is 0 Å². The molecule has 1 aromatic carbocycles. The summed E-state index contributed by atoms with van der Waals surface area (Å²) in [6, 6.07) is 3.95. The molecule has 6 nitrogen and oxygen atoms in total. The lowest BCUT2D eigenvalue weighted by Gasteiger charge is -2.24. The second-order valence-corrected chi connectivity index (χ2v) is 9.20. The van der Waals surface area contributed by atoms with Crippen LogP contribution in [-0.4, -0.2) is 26.8 Å². The number of thiazole rings is 2. The number of aromatic nitrogens is 2. The Bertz CT molecular complexity index is 1170. The highest BCUT2D eigenvalue weighted by atomic mass is 35.5. The Morgan fingerprint density at radius 3 is 2.59 bits per heavy atom. The molecule has 0 aliphatic carbocycles. The molecule has 1 aliphatic heterocycles. The van der Waals surface area contributed by atoms with E-state index in [9.17, 15) is 14.7 Å². The zero-order valence-corrected chi connectivity index (χ0v) is 18.3. The Balaban J connectivity index is 1.91. The Labute approximate surface area is 184 Å². The Kier molecular flexibility index (Phi) is 5.20. The van der Waals surface area contributed by atoms with Crippen molar-refractivity contribution < 1.29 is 14.7 Å². The number of aliphatic hydroxyl groups is 1. The largest absolute Gasteiger partial charge is 0.503 e. The molecule has 3 aromatic rings. The van der Waals surface area contributed by atoms with Crippen LogP contribution in [-0.2, 0) is 4.79 Å². The van der Waals surface area contributed by atoms with Crippen LogP contribution >= 0.6 is 45.9 Å². The molecule has 1 amide bonds. The van der Waals surface area contributed by atoms with E-state index in [1.54, 1.807) is 43.6 Å². The van der Waals surface area contributed by atoms with Crippen molar-refractivity contribution in [2.75, 3.05) is 4.90 Å². The summed E-state index contributed by atoms with van der Waals surface area (Å²) in [5.74, 6) is -1.75. The molecule has 4 rings (SSSR count). The van der Waals surface area contributed by atoms with Gasteiger partial charge in [-0.3, -0.25) is 14.5 Å². The Hall–Kier alpha value is -2.26. The zero-order valence-electron chi connectivity index (χ0n) is 15.1. The highest BCUT2D eigenvalue weighted by molar-refractivity contribution is 7.14. The second-order valence-electron chi connectivity index (χ2n) is 6.30.